The Kier molecular flexibility index (Phi) is 38.2. The van der Waals surface area contributed by atoms with E-state index in [1.54, 1.807) is 115 Å². The van der Waals surface area contributed by atoms with Crippen LogP contribution in [0.1, 0.15) is 228 Å². The minimum Gasteiger partial charge on any atom is -0.497 e. The van der Waals surface area contributed by atoms with Gasteiger partial charge in [0.05, 0.1) is 104 Å². The molecule has 147 heavy (non-hydrogen) atoms. The van der Waals surface area contributed by atoms with Crippen molar-refractivity contribution in [2.75, 3.05) is 127 Å². The lowest BCUT2D eigenvalue weighted by Gasteiger charge is -2.43. The summed E-state index contributed by atoms with van der Waals surface area (Å²) in [6, 6.07) is 66.0. The maximum absolute atomic E-state index is 13.1. The van der Waals surface area contributed by atoms with Gasteiger partial charge >= 0.3 is 11.9 Å². The Morgan fingerprint density at radius 3 is 1.21 bits per heavy atom. The molecule has 1 N–H and O–H groups in total. The number of amides is 8. The summed E-state index contributed by atoms with van der Waals surface area (Å²) >= 11 is 17.8. The molecule has 1 saturated carbocycles. The molecular weight excluding hydrogens is 1930 g/mol. The van der Waals surface area contributed by atoms with Gasteiger partial charge in [-0.05, 0) is 252 Å². The second kappa shape index (κ2) is 50.9. The first-order valence-electron chi connectivity index (χ1n) is 49.7. The third kappa shape index (κ3) is 25.2. The summed E-state index contributed by atoms with van der Waals surface area (Å²) in [7, 11) is 17.6. The lowest BCUT2D eigenvalue weighted by atomic mass is 9.82. The molecule has 0 unspecified atom stereocenters. The number of morpholine rings is 1. The molecule has 2 fully saturated rings. The number of likely N-dealkylation sites (N-methyl/N-ethyl adjacent to an activating group) is 1. The van der Waals surface area contributed by atoms with E-state index in [4.69, 9.17) is 79.1 Å². The Morgan fingerprint density at radius 2 is 0.803 bits per heavy atom. The first-order chi connectivity index (χ1) is 70.9. The topological polar surface area (TPSA) is 282 Å². The second-order valence-electron chi connectivity index (χ2n) is 37.8. The number of esters is 2. The summed E-state index contributed by atoms with van der Waals surface area (Å²) in [6.45, 7) is 13.4. The fourth-order valence-electron chi connectivity index (χ4n) is 20.7. The van der Waals surface area contributed by atoms with Gasteiger partial charge in [-0.25, -0.2) is 9.59 Å². The average Bonchev–Trinajstić information content (AvgIpc) is 1.70. The number of carbonyl (C=O) groups excluding carboxylic acids is 10. The highest BCUT2D eigenvalue weighted by Gasteiger charge is 2.45. The van der Waals surface area contributed by atoms with Gasteiger partial charge in [0.1, 0.15) is 29.4 Å². The van der Waals surface area contributed by atoms with Crippen molar-refractivity contribution >= 4 is 99.7 Å². The molecule has 0 aromatic heterocycles. The molecule has 30 heteroatoms. The van der Waals surface area contributed by atoms with Crippen LogP contribution in [0.3, 0.4) is 0 Å². The Morgan fingerprint density at radius 1 is 0.415 bits per heavy atom. The summed E-state index contributed by atoms with van der Waals surface area (Å²) in [5.41, 5.74) is 18.9. The van der Waals surface area contributed by atoms with E-state index in [1.165, 1.54) is 35.9 Å². The van der Waals surface area contributed by atoms with E-state index >= 15 is 0 Å². The molecule has 10 atom stereocenters. The van der Waals surface area contributed by atoms with Crippen molar-refractivity contribution in [3.8, 4) is 41.1 Å². The Balaban J connectivity index is 0.000000154. The molecule has 0 radical (unpaired) electrons. The second-order valence-corrected chi connectivity index (χ2v) is 38.6. The van der Waals surface area contributed by atoms with E-state index in [1.807, 2.05) is 163 Å². The predicted octanol–water partition coefficient (Wildman–Crippen LogP) is 17.8. The Labute approximate surface area is 877 Å². The fraction of sp³-hybridized carbons (Fsp3) is 0.385. The lowest BCUT2D eigenvalue weighted by molar-refractivity contribution is -0.146. The summed E-state index contributed by atoms with van der Waals surface area (Å²) in [5.74, 6) is 3.83. The maximum Gasteiger partial charge on any atom is 0.337 e. The van der Waals surface area contributed by atoms with E-state index in [9.17, 15) is 47.9 Å². The molecule has 1 saturated heterocycles. The fourth-order valence-corrected chi connectivity index (χ4v) is 21.1. The normalized spacial score (nSPS) is 19.1. The van der Waals surface area contributed by atoms with Crippen LogP contribution in [-0.2, 0) is 75.1 Å². The van der Waals surface area contributed by atoms with Gasteiger partial charge in [-0.15, -0.1) is 41.2 Å². The van der Waals surface area contributed by atoms with Gasteiger partial charge in [0.25, 0.3) is 17.7 Å². The molecule has 0 bridgehead atoms. The van der Waals surface area contributed by atoms with Gasteiger partial charge in [0, 0.05) is 101 Å². The van der Waals surface area contributed by atoms with Crippen LogP contribution in [-0.4, -0.2) is 252 Å². The van der Waals surface area contributed by atoms with E-state index in [0.717, 1.165) is 149 Å². The SMILES string of the molecule is C#CC(=O)N1[C@@H](CCCC)Cc2cc(OC)c(OC)cc2[C@@H]1c1ccc(C(=O)NC2CC2)cc1.CCC(=O)N1[C@@H](c2ccc(C(=O)N(C)C)cc2)c2ccccc2C[C@@H]1C(=O)N(C)C.COC(=O)c1ccc([C@H]2c3cc(OC)c(OC)cc3C[C@H](C)N2C(=O)CCl)cc1.COC(=O)c1ccc([C@H]2c3ccccc3C[C@H](C)N2C(=O)CCl)cc1.COc1ccc2c(c1)C[C@H](C)N(C(=O)CCl)[C@H]2c1ccc(N2CCOCC2)cc1. The first kappa shape index (κ1) is 110. The standard InChI is InChI=1S/C28H32N2O4.C24H29N3O3.C23H27ClN2O3.C22H24ClNO5.C20H20ClNO3/c1-5-7-8-22-15-20-16-24(33-3)25(34-4)17-23(20)27(30(22)26(31)6-2)18-9-11-19(12-10-18)28(32)29-21-13-14-21;1-6-21(28)27-20(24(30)26(4)5)15-18-9-7-8-10-19(18)22(27)16-11-13-17(14-12-16)23(29)25(2)3;1-16-13-18-14-20(28-2)7-8-21(18)23(26(16)22(27)15-24)17-3-5-19(6-4-17)25-9-11-29-12-10-25;1-13-9-16-10-18(27-2)19(28-3)11-17(16)21(24(13)20(25)12-23)14-5-7-15(8-6-14)22(26)29-4;1-13-11-16-5-3-4-6-17(16)19(22(13)18(23)12-21)14-7-9-15(10-8-14)20(24)25-2/h2,9-12,16-17,21-22,27H,5,7-8,13-15H2,1,3-4H3,(H,29,32);7-14,20,22H,6,15H2,1-5H3;3-8,14,16,23H,9-13,15H2,1-2H3;5-8,10-11,13,21H,9,12H2,1-4H3;3-10,13,19H,11-12H2,1-2H3/t22-,27-;20-,22+;16-,23-;13-,21-;13-,19-/m01000/s1. The van der Waals surface area contributed by atoms with Crippen LogP contribution in [0, 0.1) is 12.3 Å². The van der Waals surface area contributed by atoms with Crippen LogP contribution in [0.2, 0.25) is 0 Å². The number of methoxy groups -OCH3 is 7. The highest BCUT2D eigenvalue weighted by atomic mass is 35.5. The number of nitrogens with one attached hydrogen (secondary N) is 1. The smallest absolute Gasteiger partial charge is 0.337 e. The Bertz CT molecular complexity index is 6390. The largest absolute Gasteiger partial charge is 0.497 e. The third-order valence-corrected chi connectivity index (χ3v) is 28.8. The lowest BCUT2D eigenvalue weighted by Crippen LogP contribution is -2.54. The van der Waals surface area contributed by atoms with E-state index in [2.05, 4.69) is 78.5 Å². The minimum absolute atomic E-state index is 0.0157. The third-order valence-electron chi connectivity index (χ3n) is 28.1. The highest BCUT2D eigenvalue weighted by molar-refractivity contribution is 6.28. The molecule has 1 aliphatic carbocycles. The van der Waals surface area contributed by atoms with Crippen molar-refractivity contribution in [2.45, 2.75) is 172 Å². The van der Waals surface area contributed by atoms with Gasteiger partial charge in [-0.3, -0.25) is 38.4 Å². The quantitative estimate of drug-likeness (QED) is 0.0334. The molecule has 10 aromatic rings. The number of benzene rings is 10. The van der Waals surface area contributed by atoms with E-state index in [0.29, 0.717) is 77.0 Å². The zero-order valence-corrected chi connectivity index (χ0v) is 88.7. The number of alkyl halides is 3. The molecule has 7 aliphatic rings. The van der Waals surface area contributed by atoms with Crippen LogP contribution >= 0.6 is 34.8 Å². The minimum atomic E-state index is -0.560. The zero-order chi connectivity index (χ0) is 106. The molecule has 17 rings (SSSR count). The van der Waals surface area contributed by atoms with Crippen LogP contribution < -0.4 is 33.9 Å². The number of unbranched alkanes of at least 4 members (excludes halogenated alkanes) is 1. The van der Waals surface area contributed by atoms with E-state index < -0.39 is 12.0 Å². The van der Waals surface area contributed by atoms with Gasteiger partial charge in [0.2, 0.25) is 29.5 Å². The molecular formula is C117H132Cl3N9O18. The summed E-state index contributed by atoms with van der Waals surface area (Å²) < 4.78 is 42.5. The van der Waals surface area contributed by atoms with Crippen LogP contribution in [0.15, 0.2) is 212 Å². The maximum atomic E-state index is 13.1. The zero-order valence-electron chi connectivity index (χ0n) is 86.4. The number of fused-ring (bicyclic) bond motifs is 5. The van der Waals surface area contributed by atoms with Crippen molar-refractivity contribution in [3.05, 3.63) is 318 Å². The molecule has 6 heterocycles. The number of carbonyl (C=O) groups is 10. The number of halogens is 3. The number of rotatable bonds is 24. The summed E-state index contributed by atoms with van der Waals surface area (Å²) in [6.07, 6.45) is 14.4. The van der Waals surface area contributed by atoms with Crippen LogP contribution in [0.4, 0.5) is 5.69 Å². The van der Waals surface area contributed by atoms with Crippen LogP contribution in [0.5, 0.6) is 28.7 Å². The molecule has 6 aliphatic heterocycles. The molecule has 774 valence electrons. The highest BCUT2D eigenvalue weighted by Crippen LogP contribution is 2.49. The van der Waals surface area contributed by atoms with Crippen molar-refractivity contribution in [2.24, 2.45) is 0 Å². The number of hydrogen-bond donors (Lipinski definition) is 1. The summed E-state index contributed by atoms with van der Waals surface area (Å²) in [5, 5.41) is 3.02. The van der Waals surface area contributed by atoms with Crippen molar-refractivity contribution in [3.63, 3.8) is 0 Å². The molecule has 10 aromatic carbocycles. The average molecular weight is 2060 g/mol. The summed E-state index contributed by atoms with van der Waals surface area (Å²) in [4.78, 5) is 140. The number of ether oxygens (including phenoxy) is 8. The van der Waals surface area contributed by atoms with Gasteiger partial charge < -0.3 is 82.4 Å². The molecule has 8 amide bonds. The number of anilines is 1. The van der Waals surface area contributed by atoms with Crippen LogP contribution in [0.25, 0.3) is 0 Å². The molecule has 27 nitrogen and oxygen atoms in total. The number of nitrogens with zero attached hydrogens (tertiary/aromatic N) is 8. The number of terminal acetylenes is 1. The van der Waals surface area contributed by atoms with Crippen molar-refractivity contribution in [1.29, 1.82) is 0 Å². The number of hydrogen-bond acceptors (Lipinski definition) is 19. The molecule has 0 spiro atoms. The van der Waals surface area contributed by atoms with Gasteiger partial charge in [0.15, 0.2) is 23.0 Å². The van der Waals surface area contributed by atoms with Gasteiger partial charge in [-0.1, -0.05) is 142 Å². The first-order valence-corrected chi connectivity index (χ1v) is 51.3. The predicted molar refractivity (Wildman–Crippen MR) is 569 cm³/mol. The Hall–Kier alpha value is -13.9. The monoisotopic (exact) mass is 2060 g/mol. The van der Waals surface area contributed by atoms with E-state index in [-0.39, 0.29) is 125 Å². The van der Waals surface area contributed by atoms with Gasteiger partial charge in [-0.2, -0.15) is 0 Å². The van der Waals surface area contributed by atoms with Crippen molar-refractivity contribution in [1.82, 2.24) is 39.6 Å². The van der Waals surface area contributed by atoms with Crippen molar-refractivity contribution < 1.29 is 85.8 Å².